The van der Waals surface area contributed by atoms with Crippen molar-refractivity contribution in [2.45, 2.75) is 25.3 Å². The van der Waals surface area contributed by atoms with E-state index >= 15 is 0 Å². The van der Waals surface area contributed by atoms with E-state index in [2.05, 4.69) is 53.5 Å². The van der Waals surface area contributed by atoms with Crippen molar-refractivity contribution in [1.82, 2.24) is 19.3 Å². The van der Waals surface area contributed by atoms with E-state index < -0.39 is 0 Å². The average molecular weight is 388 g/mol. The van der Waals surface area contributed by atoms with Crippen molar-refractivity contribution in [2.24, 2.45) is 7.05 Å². The quantitative estimate of drug-likeness (QED) is 0.738. The van der Waals surface area contributed by atoms with Gasteiger partial charge in [-0.1, -0.05) is 37.3 Å². The lowest BCUT2D eigenvalue weighted by Crippen LogP contribution is -2.30. The Morgan fingerprint density at radius 1 is 1.28 bits per heavy atom. The van der Waals surface area contributed by atoms with Crippen LogP contribution < -0.4 is 5.56 Å². The van der Waals surface area contributed by atoms with Crippen molar-refractivity contribution in [3.8, 4) is 11.3 Å². The number of nitrogens with one attached hydrogen (secondary N) is 1. The highest BCUT2D eigenvalue weighted by atomic mass is 16.5. The molecule has 1 atom stereocenters. The van der Waals surface area contributed by atoms with Crippen molar-refractivity contribution in [1.29, 1.82) is 0 Å². The van der Waals surface area contributed by atoms with Crippen molar-refractivity contribution in [2.75, 3.05) is 13.2 Å². The monoisotopic (exact) mass is 388 g/mol. The van der Waals surface area contributed by atoms with Gasteiger partial charge in [0.25, 0.3) is 5.56 Å². The standard InChI is InChI=1S/C23H24N4O2/c1-15(16-7-5-3-4-6-8-16)20-12-26(2)23(28)22-19(20)9-21(25-22)17-10-24-27(11-17)18-13-29-14-18/h3,5-12,15,18,25H,4,13-14H2,1-2H3. The van der Waals surface area contributed by atoms with E-state index in [0.717, 1.165) is 28.6 Å². The van der Waals surface area contributed by atoms with Crippen LogP contribution in [0.1, 0.15) is 30.9 Å². The molecule has 1 aliphatic heterocycles. The zero-order valence-corrected chi connectivity index (χ0v) is 16.6. The minimum atomic E-state index is -0.0210. The van der Waals surface area contributed by atoms with E-state index in [4.69, 9.17) is 4.74 Å². The van der Waals surface area contributed by atoms with E-state index in [1.165, 1.54) is 5.57 Å². The van der Waals surface area contributed by atoms with E-state index in [1.807, 2.05) is 30.3 Å². The summed E-state index contributed by atoms with van der Waals surface area (Å²) in [6, 6.07) is 2.39. The Bertz CT molecular complexity index is 1220. The summed E-state index contributed by atoms with van der Waals surface area (Å²) in [7, 11) is 1.81. The van der Waals surface area contributed by atoms with E-state index in [1.54, 1.807) is 4.57 Å². The number of aromatic amines is 1. The number of rotatable bonds is 4. The van der Waals surface area contributed by atoms with Crippen LogP contribution in [0.2, 0.25) is 0 Å². The highest BCUT2D eigenvalue weighted by molar-refractivity contribution is 5.88. The SMILES string of the molecule is CC(C1=CC=CCC=C1)c1cn(C)c(=O)c2[nH]c(-c3cnn(C4COC4)c3)cc12. The van der Waals surface area contributed by atoms with Gasteiger partial charge in [0, 0.05) is 42.0 Å². The molecule has 6 nitrogen and oxygen atoms in total. The van der Waals surface area contributed by atoms with Crippen LogP contribution in [-0.2, 0) is 11.8 Å². The van der Waals surface area contributed by atoms with E-state index in [0.29, 0.717) is 24.8 Å². The molecule has 3 aromatic heterocycles. The average Bonchev–Trinajstić information content (AvgIpc) is 3.23. The number of pyridine rings is 1. The summed E-state index contributed by atoms with van der Waals surface area (Å²) in [4.78, 5) is 16.2. The zero-order valence-electron chi connectivity index (χ0n) is 16.6. The summed E-state index contributed by atoms with van der Waals surface area (Å²) in [5, 5.41) is 5.44. The maximum Gasteiger partial charge on any atom is 0.274 e. The number of hydrogen-bond acceptors (Lipinski definition) is 3. The summed E-state index contributed by atoms with van der Waals surface area (Å²) >= 11 is 0. The molecule has 5 rings (SSSR count). The molecule has 1 saturated heterocycles. The molecule has 2 aliphatic rings. The second-order valence-corrected chi connectivity index (χ2v) is 7.83. The first-order valence-corrected chi connectivity index (χ1v) is 9.99. The van der Waals surface area contributed by atoms with Crippen LogP contribution in [0.5, 0.6) is 0 Å². The number of ether oxygens (including phenoxy) is 1. The van der Waals surface area contributed by atoms with Crippen molar-refractivity contribution in [3.05, 3.63) is 76.5 Å². The van der Waals surface area contributed by atoms with Crippen LogP contribution in [0, 0.1) is 0 Å². The fraction of sp³-hybridized carbons (Fsp3) is 0.304. The summed E-state index contributed by atoms with van der Waals surface area (Å²) < 4.78 is 8.87. The Kier molecular flexibility index (Phi) is 4.36. The molecule has 0 amide bonds. The zero-order chi connectivity index (χ0) is 20.0. The fourth-order valence-corrected chi connectivity index (χ4v) is 3.98. The molecule has 4 heterocycles. The van der Waals surface area contributed by atoms with E-state index in [-0.39, 0.29) is 11.5 Å². The number of hydrogen-bond donors (Lipinski definition) is 1. The number of nitrogens with zero attached hydrogens (tertiary/aromatic N) is 3. The van der Waals surface area contributed by atoms with Crippen LogP contribution in [0.25, 0.3) is 22.2 Å². The maximum absolute atomic E-state index is 12.8. The Labute approximate surface area is 168 Å². The lowest BCUT2D eigenvalue weighted by atomic mass is 9.91. The smallest absolute Gasteiger partial charge is 0.274 e. The number of H-pyrrole nitrogens is 1. The van der Waals surface area contributed by atoms with Gasteiger partial charge in [0.1, 0.15) is 5.52 Å². The maximum atomic E-state index is 12.8. The fourth-order valence-electron chi connectivity index (χ4n) is 3.98. The van der Waals surface area contributed by atoms with Crippen molar-refractivity contribution >= 4 is 10.9 Å². The highest BCUT2D eigenvalue weighted by Crippen LogP contribution is 2.33. The molecule has 6 heteroatoms. The first-order chi connectivity index (χ1) is 14.1. The van der Waals surface area contributed by atoms with Crippen LogP contribution in [-0.4, -0.2) is 32.5 Å². The van der Waals surface area contributed by atoms with Crippen molar-refractivity contribution in [3.63, 3.8) is 0 Å². The third-order valence-electron chi connectivity index (χ3n) is 5.88. The van der Waals surface area contributed by atoms with Crippen LogP contribution in [0.4, 0.5) is 0 Å². The molecule has 0 saturated carbocycles. The predicted octanol–water partition coefficient (Wildman–Crippen LogP) is 3.85. The number of fused-ring (bicyclic) bond motifs is 1. The summed E-state index contributed by atoms with van der Waals surface area (Å²) in [6.45, 7) is 3.59. The van der Waals surface area contributed by atoms with Gasteiger partial charge in [0.05, 0.1) is 25.5 Å². The number of aromatic nitrogens is 4. The van der Waals surface area contributed by atoms with Gasteiger partial charge in [-0.2, -0.15) is 5.10 Å². The molecule has 0 aromatic carbocycles. The van der Waals surface area contributed by atoms with Gasteiger partial charge in [0.15, 0.2) is 0 Å². The molecule has 1 aliphatic carbocycles. The molecule has 1 fully saturated rings. The minimum Gasteiger partial charge on any atom is -0.377 e. The topological polar surface area (TPSA) is 64.8 Å². The molecule has 1 unspecified atom stereocenters. The van der Waals surface area contributed by atoms with Crippen LogP contribution in [0.3, 0.4) is 0 Å². The Hall–Kier alpha value is -3.12. The second kappa shape index (κ2) is 7.04. The first kappa shape index (κ1) is 17.9. The summed E-state index contributed by atoms with van der Waals surface area (Å²) in [6.07, 6.45) is 17.5. The largest absolute Gasteiger partial charge is 0.377 e. The van der Waals surface area contributed by atoms with Crippen LogP contribution in [0.15, 0.2) is 65.4 Å². The summed E-state index contributed by atoms with van der Waals surface area (Å²) in [5.74, 6) is 0.168. The molecule has 148 valence electrons. The highest BCUT2D eigenvalue weighted by Gasteiger charge is 2.22. The Morgan fingerprint density at radius 2 is 2.14 bits per heavy atom. The minimum absolute atomic E-state index is 0.0210. The molecule has 0 spiro atoms. The number of aryl methyl sites for hydroxylation is 1. The van der Waals surface area contributed by atoms with Crippen LogP contribution >= 0.6 is 0 Å². The molecule has 1 N–H and O–H groups in total. The molecular weight excluding hydrogens is 364 g/mol. The molecule has 0 bridgehead atoms. The van der Waals surface area contributed by atoms with Gasteiger partial charge in [0.2, 0.25) is 0 Å². The summed E-state index contributed by atoms with van der Waals surface area (Å²) in [5.41, 5.74) is 4.88. The van der Waals surface area contributed by atoms with E-state index in [9.17, 15) is 4.79 Å². The Morgan fingerprint density at radius 3 is 2.93 bits per heavy atom. The van der Waals surface area contributed by atoms with Gasteiger partial charge in [-0.15, -0.1) is 0 Å². The third-order valence-corrected chi connectivity index (χ3v) is 5.88. The second-order valence-electron chi connectivity index (χ2n) is 7.83. The Balaban J connectivity index is 1.61. The predicted molar refractivity (Wildman–Crippen MR) is 114 cm³/mol. The van der Waals surface area contributed by atoms with Gasteiger partial charge < -0.3 is 14.3 Å². The lowest BCUT2D eigenvalue weighted by molar-refractivity contribution is -0.0286. The van der Waals surface area contributed by atoms with Crippen molar-refractivity contribution < 1.29 is 4.74 Å². The van der Waals surface area contributed by atoms with Gasteiger partial charge in [-0.25, -0.2) is 0 Å². The first-order valence-electron chi connectivity index (χ1n) is 9.99. The molecule has 29 heavy (non-hydrogen) atoms. The van der Waals surface area contributed by atoms with Gasteiger partial charge >= 0.3 is 0 Å². The lowest BCUT2D eigenvalue weighted by Gasteiger charge is -2.25. The number of allylic oxidation sites excluding steroid dienone is 6. The van der Waals surface area contributed by atoms with Gasteiger partial charge in [-0.05, 0) is 23.6 Å². The van der Waals surface area contributed by atoms with Gasteiger partial charge in [-0.3, -0.25) is 9.48 Å². The normalized spacial score (nSPS) is 17.9. The molecular formula is C23H24N4O2. The third kappa shape index (κ3) is 3.09. The molecule has 0 radical (unpaired) electrons. The molecule has 3 aromatic rings.